The second-order valence-electron chi connectivity index (χ2n) is 4.27. The summed E-state index contributed by atoms with van der Waals surface area (Å²) in [6.45, 7) is 0.310. The molecule has 0 aliphatic carbocycles. The third kappa shape index (κ3) is 3.64. The lowest BCUT2D eigenvalue weighted by molar-refractivity contribution is -0.116. The lowest BCUT2D eigenvalue weighted by Gasteiger charge is -2.20. The largest absolute Gasteiger partial charge is 0.399 e. The molecule has 0 unspecified atom stereocenters. The van der Waals surface area contributed by atoms with Gasteiger partial charge in [-0.2, -0.15) is 0 Å². The van der Waals surface area contributed by atoms with E-state index in [1.807, 2.05) is 12.1 Å². The molecule has 104 valence electrons. The number of primary amides is 1. The SMILES string of the molecule is NC(=O)CN(Cc1ccc(N)cc1)c1ncc(F)cn1. The number of aromatic nitrogens is 2. The van der Waals surface area contributed by atoms with E-state index in [4.69, 9.17) is 11.5 Å². The first kappa shape index (κ1) is 13.7. The van der Waals surface area contributed by atoms with Crippen LogP contribution in [0.1, 0.15) is 5.56 Å². The van der Waals surface area contributed by atoms with Crippen molar-refractivity contribution in [2.75, 3.05) is 17.2 Å². The summed E-state index contributed by atoms with van der Waals surface area (Å²) >= 11 is 0. The number of halogens is 1. The fourth-order valence-electron chi connectivity index (χ4n) is 1.70. The summed E-state index contributed by atoms with van der Waals surface area (Å²) in [7, 11) is 0. The van der Waals surface area contributed by atoms with Gasteiger partial charge in [0, 0.05) is 12.2 Å². The number of carbonyl (C=O) groups excluding carboxylic acids is 1. The van der Waals surface area contributed by atoms with E-state index >= 15 is 0 Å². The number of rotatable bonds is 5. The Labute approximate surface area is 115 Å². The Bertz CT molecular complexity index is 585. The number of carbonyl (C=O) groups is 1. The molecule has 0 bridgehead atoms. The van der Waals surface area contributed by atoms with E-state index in [9.17, 15) is 9.18 Å². The zero-order valence-corrected chi connectivity index (χ0v) is 10.7. The molecule has 0 aliphatic heterocycles. The van der Waals surface area contributed by atoms with Crippen molar-refractivity contribution in [1.29, 1.82) is 0 Å². The van der Waals surface area contributed by atoms with Gasteiger partial charge in [-0.15, -0.1) is 0 Å². The minimum absolute atomic E-state index is 0.0595. The summed E-state index contributed by atoms with van der Waals surface area (Å²) in [5.74, 6) is -0.823. The Morgan fingerprint density at radius 2 is 1.80 bits per heavy atom. The molecule has 0 fully saturated rings. The molecule has 4 N–H and O–H groups in total. The highest BCUT2D eigenvalue weighted by Gasteiger charge is 2.13. The molecule has 1 amide bonds. The van der Waals surface area contributed by atoms with Crippen molar-refractivity contribution in [3.8, 4) is 0 Å². The standard InChI is InChI=1S/C13H14FN5O/c14-10-5-17-13(18-6-10)19(8-12(16)20)7-9-1-3-11(15)4-2-9/h1-6H,7-8,15H2,(H2,16,20). The van der Waals surface area contributed by atoms with Gasteiger partial charge in [-0.1, -0.05) is 12.1 Å². The van der Waals surface area contributed by atoms with Crippen LogP contribution in [0.5, 0.6) is 0 Å². The Balaban J connectivity index is 2.21. The Morgan fingerprint density at radius 3 is 2.35 bits per heavy atom. The third-order valence-corrected chi connectivity index (χ3v) is 2.59. The van der Waals surface area contributed by atoms with Crippen molar-refractivity contribution in [2.45, 2.75) is 6.54 Å². The van der Waals surface area contributed by atoms with Crippen LogP contribution in [0.15, 0.2) is 36.7 Å². The molecule has 0 saturated heterocycles. The average molecular weight is 275 g/mol. The zero-order valence-electron chi connectivity index (χ0n) is 10.7. The molecule has 0 aliphatic rings. The van der Waals surface area contributed by atoms with Gasteiger partial charge in [0.05, 0.1) is 18.9 Å². The van der Waals surface area contributed by atoms with Crippen LogP contribution in [0.4, 0.5) is 16.0 Å². The lowest BCUT2D eigenvalue weighted by atomic mass is 10.2. The van der Waals surface area contributed by atoms with Crippen molar-refractivity contribution in [3.05, 3.63) is 48.0 Å². The number of nitrogens with zero attached hydrogens (tertiary/aromatic N) is 3. The molecule has 1 aromatic carbocycles. The van der Waals surface area contributed by atoms with Gasteiger partial charge in [-0.3, -0.25) is 4.79 Å². The quantitative estimate of drug-likeness (QED) is 0.782. The first-order valence-corrected chi connectivity index (χ1v) is 5.90. The van der Waals surface area contributed by atoms with E-state index in [1.165, 1.54) is 0 Å². The first-order valence-electron chi connectivity index (χ1n) is 5.90. The molecule has 1 aromatic heterocycles. The lowest BCUT2D eigenvalue weighted by Crippen LogP contribution is -2.34. The van der Waals surface area contributed by atoms with Crippen LogP contribution in [-0.2, 0) is 11.3 Å². The van der Waals surface area contributed by atoms with Crippen molar-refractivity contribution in [2.24, 2.45) is 5.73 Å². The number of hydrogen-bond acceptors (Lipinski definition) is 5. The van der Waals surface area contributed by atoms with E-state index in [2.05, 4.69) is 9.97 Å². The Morgan fingerprint density at radius 1 is 1.20 bits per heavy atom. The average Bonchev–Trinajstić information content (AvgIpc) is 2.41. The Kier molecular flexibility index (Phi) is 4.09. The second-order valence-corrected chi connectivity index (χ2v) is 4.27. The smallest absolute Gasteiger partial charge is 0.237 e. The van der Waals surface area contributed by atoms with Gasteiger partial charge in [0.15, 0.2) is 5.82 Å². The van der Waals surface area contributed by atoms with Crippen molar-refractivity contribution in [3.63, 3.8) is 0 Å². The third-order valence-electron chi connectivity index (χ3n) is 2.59. The highest BCUT2D eigenvalue weighted by Crippen LogP contribution is 2.13. The summed E-state index contributed by atoms with van der Waals surface area (Å²) in [5.41, 5.74) is 12.4. The molecule has 1 heterocycles. The summed E-state index contributed by atoms with van der Waals surface area (Å²) in [5, 5.41) is 0. The monoisotopic (exact) mass is 275 g/mol. The second kappa shape index (κ2) is 5.96. The predicted octanol–water partition coefficient (Wildman–Crippen LogP) is 0.690. The minimum Gasteiger partial charge on any atom is -0.399 e. The number of nitrogens with two attached hydrogens (primary N) is 2. The van der Waals surface area contributed by atoms with Gasteiger partial charge in [0.25, 0.3) is 0 Å². The Hall–Kier alpha value is -2.70. The molecule has 6 nitrogen and oxygen atoms in total. The number of hydrogen-bond donors (Lipinski definition) is 2. The van der Waals surface area contributed by atoms with E-state index in [1.54, 1.807) is 17.0 Å². The molecule has 20 heavy (non-hydrogen) atoms. The van der Waals surface area contributed by atoms with Crippen LogP contribution in [0.3, 0.4) is 0 Å². The maximum Gasteiger partial charge on any atom is 0.237 e. The summed E-state index contributed by atoms with van der Waals surface area (Å²) < 4.78 is 12.8. The molecule has 0 saturated carbocycles. The van der Waals surface area contributed by atoms with E-state index in [0.717, 1.165) is 18.0 Å². The van der Waals surface area contributed by atoms with Crippen LogP contribution in [0.25, 0.3) is 0 Å². The number of benzene rings is 1. The molecule has 0 radical (unpaired) electrons. The van der Waals surface area contributed by atoms with Gasteiger partial charge in [0.2, 0.25) is 11.9 Å². The fourth-order valence-corrected chi connectivity index (χ4v) is 1.70. The fraction of sp³-hybridized carbons (Fsp3) is 0.154. The molecule has 0 spiro atoms. The van der Waals surface area contributed by atoms with Crippen LogP contribution in [0, 0.1) is 5.82 Å². The highest BCUT2D eigenvalue weighted by molar-refractivity contribution is 5.78. The molecule has 2 aromatic rings. The first-order chi connectivity index (χ1) is 9.54. The maximum absolute atomic E-state index is 12.8. The van der Waals surface area contributed by atoms with E-state index in [-0.39, 0.29) is 12.5 Å². The van der Waals surface area contributed by atoms with Crippen LogP contribution >= 0.6 is 0 Å². The molecular weight excluding hydrogens is 261 g/mol. The molecule has 2 rings (SSSR count). The minimum atomic E-state index is -0.541. The predicted molar refractivity (Wildman–Crippen MR) is 73.1 cm³/mol. The summed E-state index contributed by atoms with van der Waals surface area (Å²) in [6.07, 6.45) is 2.08. The van der Waals surface area contributed by atoms with E-state index in [0.29, 0.717) is 12.2 Å². The number of nitrogen functional groups attached to an aromatic ring is 1. The van der Waals surface area contributed by atoms with Crippen LogP contribution in [-0.4, -0.2) is 22.4 Å². The topological polar surface area (TPSA) is 98.1 Å². The van der Waals surface area contributed by atoms with Crippen molar-refractivity contribution in [1.82, 2.24) is 9.97 Å². The summed E-state index contributed by atoms with van der Waals surface area (Å²) in [6, 6.07) is 7.16. The van der Waals surface area contributed by atoms with E-state index < -0.39 is 11.7 Å². The maximum atomic E-state index is 12.8. The molecule has 0 atom stereocenters. The zero-order chi connectivity index (χ0) is 14.5. The molecular formula is C13H14FN5O. The van der Waals surface area contributed by atoms with Gasteiger partial charge in [-0.05, 0) is 17.7 Å². The van der Waals surface area contributed by atoms with Crippen LogP contribution in [0.2, 0.25) is 0 Å². The van der Waals surface area contributed by atoms with Crippen molar-refractivity contribution >= 4 is 17.5 Å². The normalized spacial score (nSPS) is 10.2. The highest BCUT2D eigenvalue weighted by atomic mass is 19.1. The van der Waals surface area contributed by atoms with Gasteiger partial charge >= 0.3 is 0 Å². The number of amides is 1. The van der Waals surface area contributed by atoms with Crippen molar-refractivity contribution < 1.29 is 9.18 Å². The molecule has 7 heteroatoms. The van der Waals surface area contributed by atoms with Gasteiger partial charge < -0.3 is 16.4 Å². The van der Waals surface area contributed by atoms with Gasteiger partial charge in [-0.25, -0.2) is 14.4 Å². The van der Waals surface area contributed by atoms with Crippen LogP contribution < -0.4 is 16.4 Å². The summed E-state index contributed by atoms with van der Waals surface area (Å²) in [4.78, 5) is 20.4. The van der Waals surface area contributed by atoms with Gasteiger partial charge in [0.1, 0.15) is 0 Å². The number of anilines is 2.